The topological polar surface area (TPSA) is 79.7 Å². The Morgan fingerprint density at radius 3 is 3.05 bits per heavy atom. The van der Waals surface area contributed by atoms with Crippen LogP contribution in [0.15, 0.2) is 36.9 Å². The number of piperidine rings is 1. The molecule has 1 aliphatic heterocycles. The van der Waals surface area contributed by atoms with E-state index in [4.69, 9.17) is 0 Å². The molecule has 0 saturated carbocycles. The van der Waals surface area contributed by atoms with Crippen molar-refractivity contribution in [3.05, 3.63) is 42.5 Å². The minimum absolute atomic E-state index is 0.0507. The minimum Gasteiger partial charge on any atom is -0.337 e. The quantitative estimate of drug-likeness (QED) is 0.779. The maximum atomic E-state index is 12.7. The van der Waals surface area contributed by atoms with E-state index < -0.39 is 0 Å². The van der Waals surface area contributed by atoms with Gasteiger partial charge in [0.25, 0.3) is 5.91 Å². The number of hydrogen-bond acceptors (Lipinski definition) is 4. The summed E-state index contributed by atoms with van der Waals surface area (Å²) in [5, 5.41) is 10.6. The monoisotopic (exact) mass is 296 g/mol. The number of fused-ring (bicyclic) bond motifs is 1. The van der Waals surface area contributed by atoms with Crippen LogP contribution in [0.4, 0.5) is 0 Å². The van der Waals surface area contributed by atoms with E-state index in [-0.39, 0.29) is 5.91 Å². The van der Waals surface area contributed by atoms with Gasteiger partial charge in [-0.3, -0.25) is 4.79 Å². The SMILES string of the molecule is O=C(c1ccc2n[nH]nc2c1)N1CCCC(n2ccnc2)C1. The number of carbonyl (C=O) groups excluding carboxylic acids is 1. The standard InChI is InChI=1S/C15H16N6O/c22-15(11-3-4-13-14(8-11)18-19-17-13)20-6-1-2-12(9-20)21-7-5-16-10-21/h3-5,7-8,10,12H,1-2,6,9H2,(H,17,18,19). The highest BCUT2D eigenvalue weighted by atomic mass is 16.2. The van der Waals surface area contributed by atoms with Crippen molar-refractivity contribution in [2.75, 3.05) is 13.1 Å². The summed E-state index contributed by atoms with van der Waals surface area (Å²) in [6.45, 7) is 1.51. The summed E-state index contributed by atoms with van der Waals surface area (Å²) in [6, 6.07) is 5.73. The molecule has 1 aliphatic rings. The first kappa shape index (κ1) is 13.0. The number of benzene rings is 1. The molecule has 1 N–H and O–H groups in total. The van der Waals surface area contributed by atoms with Gasteiger partial charge < -0.3 is 9.47 Å². The second-order valence-electron chi connectivity index (χ2n) is 5.58. The molecular formula is C15H16N6O. The molecule has 0 radical (unpaired) electrons. The summed E-state index contributed by atoms with van der Waals surface area (Å²) in [7, 11) is 0. The molecule has 1 fully saturated rings. The van der Waals surface area contributed by atoms with Crippen LogP contribution in [0.25, 0.3) is 11.0 Å². The van der Waals surface area contributed by atoms with E-state index in [1.807, 2.05) is 29.6 Å². The van der Waals surface area contributed by atoms with Crippen molar-refractivity contribution in [2.45, 2.75) is 18.9 Å². The molecule has 3 aromatic rings. The average molecular weight is 296 g/mol. The molecule has 112 valence electrons. The normalized spacial score (nSPS) is 18.7. The van der Waals surface area contributed by atoms with Gasteiger partial charge in [0, 0.05) is 31.0 Å². The van der Waals surface area contributed by atoms with E-state index in [1.165, 1.54) is 0 Å². The Kier molecular flexibility index (Phi) is 3.10. The van der Waals surface area contributed by atoms with Crippen molar-refractivity contribution in [1.29, 1.82) is 0 Å². The lowest BCUT2D eigenvalue weighted by molar-refractivity contribution is 0.0679. The van der Waals surface area contributed by atoms with Gasteiger partial charge in [-0.2, -0.15) is 15.4 Å². The summed E-state index contributed by atoms with van der Waals surface area (Å²) in [5.41, 5.74) is 2.15. The van der Waals surface area contributed by atoms with Gasteiger partial charge in [-0.15, -0.1) is 0 Å². The van der Waals surface area contributed by atoms with Crippen molar-refractivity contribution in [3.63, 3.8) is 0 Å². The molecule has 7 heteroatoms. The van der Waals surface area contributed by atoms with Crippen LogP contribution in [0, 0.1) is 0 Å². The van der Waals surface area contributed by atoms with Gasteiger partial charge >= 0.3 is 0 Å². The molecule has 3 heterocycles. The zero-order chi connectivity index (χ0) is 14.9. The second kappa shape index (κ2) is 5.25. The smallest absolute Gasteiger partial charge is 0.254 e. The van der Waals surface area contributed by atoms with Gasteiger partial charge in [-0.05, 0) is 31.0 Å². The third-order valence-corrected chi connectivity index (χ3v) is 4.19. The summed E-state index contributed by atoms with van der Waals surface area (Å²) in [4.78, 5) is 18.7. The van der Waals surface area contributed by atoms with Crippen molar-refractivity contribution < 1.29 is 4.79 Å². The third kappa shape index (κ3) is 2.24. The fraction of sp³-hybridized carbons (Fsp3) is 0.333. The first-order chi connectivity index (χ1) is 10.8. The predicted molar refractivity (Wildman–Crippen MR) is 80.3 cm³/mol. The van der Waals surface area contributed by atoms with Gasteiger partial charge in [-0.1, -0.05) is 0 Å². The van der Waals surface area contributed by atoms with E-state index in [0.717, 1.165) is 24.9 Å². The lowest BCUT2D eigenvalue weighted by Gasteiger charge is -2.33. The van der Waals surface area contributed by atoms with E-state index in [2.05, 4.69) is 25.0 Å². The highest BCUT2D eigenvalue weighted by Crippen LogP contribution is 2.23. The fourth-order valence-electron chi connectivity index (χ4n) is 3.02. The Morgan fingerprint density at radius 1 is 1.27 bits per heavy atom. The highest BCUT2D eigenvalue weighted by Gasteiger charge is 2.25. The van der Waals surface area contributed by atoms with Crippen molar-refractivity contribution >= 4 is 16.9 Å². The van der Waals surface area contributed by atoms with Crippen molar-refractivity contribution in [1.82, 2.24) is 29.9 Å². The van der Waals surface area contributed by atoms with Crippen LogP contribution in [0.1, 0.15) is 29.2 Å². The van der Waals surface area contributed by atoms with E-state index in [9.17, 15) is 4.79 Å². The fourth-order valence-corrected chi connectivity index (χ4v) is 3.02. The molecule has 2 aromatic heterocycles. The molecule has 0 aliphatic carbocycles. The number of nitrogens with zero attached hydrogens (tertiary/aromatic N) is 5. The Balaban J connectivity index is 1.56. The number of nitrogens with one attached hydrogen (secondary N) is 1. The summed E-state index contributed by atoms with van der Waals surface area (Å²) < 4.78 is 2.08. The zero-order valence-corrected chi connectivity index (χ0v) is 12.0. The predicted octanol–water partition coefficient (Wildman–Crippen LogP) is 1.63. The highest BCUT2D eigenvalue weighted by molar-refractivity contribution is 5.97. The van der Waals surface area contributed by atoms with Gasteiger partial charge in [0.1, 0.15) is 11.0 Å². The molecule has 7 nitrogen and oxygen atoms in total. The maximum Gasteiger partial charge on any atom is 0.254 e. The van der Waals surface area contributed by atoms with Crippen LogP contribution in [0.5, 0.6) is 0 Å². The van der Waals surface area contributed by atoms with Gasteiger partial charge in [0.2, 0.25) is 0 Å². The van der Waals surface area contributed by atoms with Crippen LogP contribution in [0.2, 0.25) is 0 Å². The first-order valence-electron chi connectivity index (χ1n) is 7.38. The molecule has 22 heavy (non-hydrogen) atoms. The molecule has 1 saturated heterocycles. The number of rotatable bonds is 2. The van der Waals surface area contributed by atoms with Crippen LogP contribution in [-0.2, 0) is 0 Å². The molecule has 1 unspecified atom stereocenters. The molecule has 1 amide bonds. The van der Waals surface area contributed by atoms with Crippen LogP contribution >= 0.6 is 0 Å². The molecule has 1 atom stereocenters. The maximum absolute atomic E-state index is 12.7. The zero-order valence-electron chi connectivity index (χ0n) is 12.0. The Morgan fingerprint density at radius 2 is 2.18 bits per heavy atom. The first-order valence-corrected chi connectivity index (χ1v) is 7.38. The summed E-state index contributed by atoms with van der Waals surface area (Å²) >= 11 is 0. The van der Waals surface area contributed by atoms with Gasteiger partial charge in [0.05, 0.1) is 12.4 Å². The van der Waals surface area contributed by atoms with Crippen LogP contribution < -0.4 is 0 Å². The molecular weight excluding hydrogens is 280 g/mol. The number of aromatic nitrogens is 5. The Hall–Kier alpha value is -2.70. The van der Waals surface area contributed by atoms with Crippen LogP contribution in [0.3, 0.4) is 0 Å². The Labute approximate surface area is 126 Å². The number of aromatic amines is 1. The largest absolute Gasteiger partial charge is 0.337 e. The molecule has 4 rings (SSSR count). The van der Waals surface area contributed by atoms with E-state index >= 15 is 0 Å². The van der Waals surface area contributed by atoms with Crippen molar-refractivity contribution in [2.24, 2.45) is 0 Å². The Bertz CT molecular complexity index is 793. The number of likely N-dealkylation sites (tertiary alicyclic amines) is 1. The number of H-pyrrole nitrogens is 1. The summed E-state index contributed by atoms with van der Waals surface area (Å²) in [5.74, 6) is 0.0507. The third-order valence-electron chi connectivity index (χ3n) is 4.19. The number of imidazole rings is 1. The molecule has 1 aromatic carbocycles. The molecule has 0 bridgehead atoms. The number of carbonyl (C=O) groups is 1. The summed E-state index contributed by atoms with van der Waals surface area (Å²) in [6.07, 6.45) is 7.63. The lowest BCUT2D eigenvalue weighted by atomic mass is 10.0. The van der Waals surface area contributed by atoms with Crippen molar-refractivity contribution in [3.8, 4) is 0 Å². The number of hydrogen-bond donors (Lipinski definition) is 1. The average Bonchev–Trinajstić information content (AvgIpc) is 3.25. The van der Waals surface area contributed by atoms with E-state index in [0.29, 0.717) is 23.7 Å². The molecule has 0 spiro atoms. The van der Waals surface area contributed by atoms with Gasteiger partial charge in [-0.25, -0.2) is 4.98 Å². The number of amides is 1. The van der Waals surface area contributed by atoms with E-state index in [1.54, 1.807) is 12.3 Å². The minimum atomic E-state index is 0.0507. The van der Waals surface area contributed by atoms with Crippen LogP contribution in [-0.4, -0.2) is 48.9 Å². The van der Waals surface area contributed by atoms with Gasteiger partial charge in [0.15, 0.2) is 0 Å². The lowest BCUT2D eigenvalue weighted by Crippen LogP contribution is -2.40. The second-order valence-corrected chi connectivity index (χ2v) is 5.58.